The molecule has 52 valence electrons. The van der Waals surface area contributed by atoms with Crippen molar-refractivity contribution >= 4 is 6.21 Å². The maximum Gasteiger partial charge on any atom is 0.0555 e. The summed E-state index contributed by atoms with van der Waals surface area (Å²) in [6.45, 7) is 0. The molecule has 3 nitrogen and oxygen atoms in total. The number of nitrogens with one attached hydrogen (secondary N) is 1. The first-order chi connectivity index (χ1) is 4.93. The lowest BCUT2D eigenvalue weighted by Gasteiger charge is -1.88. The smallest absolute Gasteiger partial charge is 0.0555 e. The van der Waals surface area contributed by atoms with Gasteiger partial charge in [-0.3, -0.25) is 4.98 Å². The Morgan fingerprint density at radius 2 is 2.60 bits per heavy atom. The van der Waals surface area contributed by atoms with Crippen LogP contribution in [0.2, 0.25) is 0 Å². The lowest BCUT2D eigenvalue weighted by Crippen LogP contribution is -1.94. The molecule has 0 aliphatic heterocycles. The van der Waals surface area contributed by atoms with E-state index in [1.165, 1.54) is 0 Å². The van der Waals surface area contributed by atoms with Crippen LogP contribution in [0, 0.1) is 0 Å². The Kier molecular flexibility index (Phi) is 2.43. The molecule has 0 atom stereocenters. The predicted molar refractivity (Wildman–Crippen MR) is 40.9 cm³/mol. The van der Waals surface area contributed by atoms with Gasteiger partial charge >= 0.3 is 0 Å². The summed E-state index contributed by atoms with van der Waals surface area (Å²) in [6.07, 6.45) is 5.20. The molecule has 0 saturated carbocycles. The fraction of sp³-hybridized carbons (Fsp3) is 0.143. The first kappa shape index (κ1) is 6.74. The Bertz CT molecular complexity index is 205. The zero-order valence-corrected chi connectivity index (χ0v) is 5.78. The first-order valence-corrected chi connectivity index (χ1v) is 3.03. The van der Waals surface area contributed by atoms with Crippen LogP contribution in [0.5, 0.6) is 0 Å². The molecule has 0 aliphatic carbocycles. The first-order valence-electron chi connectivity index (χ1n) is 3.03. The van der Waals surface area contributed by atoms with Crippen LogP contribution in [-0.4, -0.2) is 18.2 Å². The topological polar surface area (TPSA) is 37.3 Å². The third-order valence-electron chi connectivity index (χ3n) is 1.03. The summed E-state index contributed by atoms with van der Waals surface area (Å²) in [5, 5.41) is 3.83. The lowest BCUT2D eigenvalue weighted by molar-refractivity contribution is 0.908. The minimum atomic E-state index is 0.997. The van der Waals surface area contributed by atoms with Crippen LogP contribution < -0.4 is 5.43 Å². The monoisotopic (exact) mass is 135 g/mol. The Labute approximate surface area is 59.8 Å². The molecule has 1 heterocycles. The number of rotatable bonds is 2. The van der Waals surface area contributed by atoms with E-state index in [1.807, 2.05) is 12.1 Å². The number of hydrogen-bond acceptors (Lipinski definition) is 3. The molecular weight excluding hydrogens is 126 g/mol. The highest BCUT2D eigenvalue weighted by Crippen LogP contribution is 1.88. The van der Waals surface area contributed by atoms with E-state index in [-0.39, 0.29) is 0 Å². The normalized spacial score (nSPS) is 10.1. The van der Waals surface area contributed by atoms with Crippen LogP contribution in [-0.2, 0) is 0 Å². The molecule has 0 fully saturated rings. The molecule has 1 aromatic heterocycles. The highest BCUT2D eigenvalue weighted by atomic mass is 15.3. The van der Waals surface area contributed by atoms with Crippen molar-refractivity contribution in [1.82, 2.24) is 10.4 Å². The number of hydrazone groups is 1. The van der Waals surface area contributed by atoms with Crippen molar-refractivity contribution in [2.24, 2.45) is 5.10 Å². The third-order valence-corrected chi connectivity index (χ3v) is 1.03. The molecule has 10 heavy (non-hydrogen) atoms. The molecule has 0 aromatic carbocycles. The second-order valence-corrected chi connectivity index (χ2v) is 1.77. The minimum absolute atomic E-state index is 0.997. The van der Waals surface area contributed by atoms with Crippen molar-refractivity contribution in [1.29, 1.82) is 0 Å². The molecule has 0 bridgehead atoms. The van der Waals surface area contributed by atoms with E-state index < -0.39 is 0 Å². The SMILES string of the molecule is CNN=Cc1cccnc1. The summed E-state index contributed by atoms with van der Waals surface area (Å²) in [7, 11) is 1.76. The third kappa shape index (κ3) is 1.85. The molecule has 1 rings (SSSR count). The van der Waals surface area contributed by atoms with Crippen molar-refractivity contribution in [3.63, 3.8) is 0 Å². The van der Waals surface area contributed by atoms with E-state index in [1.54, 1.807) is 25.7 Å². The summed E-state index contributed by atoms with van der Waals surface area (Å²) in [5.74, 6) is 0. The summed E-state index contributed by atoms with van der Waals surface area (Å²) < 4.78 is 0. The van der Waals surface area contributed by atoms with E-state index in [9.17, 15) is 0 Å². The summed E-state index contributed by atoms with van der Waals surface area (Å²) in [4.78, 5) is 3.92. The minimum Gasteiger partial charge on any atom is -0.313 e. The van der Waals surface area contributed by atoms with Gasteiger partial charge in [0.2, 0.25) is 0 Å². The van der Waals surface area contributed by atoms with Gasteiger partial charge in [-0.15, -0.1) is 0 Å². The average Bonchev–Trinajstić information content (AvgIpc) is 2.03. The van der Waals surface area contributed by atoms with Crippen molar-refractivity contribution < 1.29 is 0 Å². The van der Waals surface area contributed by atoms with Gasteiger partial charge in [0.05, 0.1) is 6.21 Å². The quantitative estimate of drug-likeness (QED) is 0.477. The number of hydrogen-bond donors (Lipinski definition) is 1. The Morgan fingerprint density at radius 1 is 1.70 bits per heavy atom. The average molecular weight is 135 g/mol. The Morgan fingerprint density at radius 3 is 3.20 bits per heavy atom. The predicted octanol–water partition coefficient (Wildman–Crippen LogP) is 0.635. The zero-order chi connectivity index (χ0) is 7.23. The van der Waals surface area contributed by atoms with Crippen molar-refractivity contribution in [2.75, 3.05) is 7.05 Å². The van der Waals surface area contributed by atoms with Gasteiger partial charge in [0.25, 0.3) is 0 Å². The van der Waals surface area contributed by atoms with Crippen molar-refractivity contribution in [3.8, 4) is 0 Å². The van der Waals surface area contributed by atoms with Gasteiger partial charge < -0.3 is 5.43 Å². The molecule has 3 heteroatoms. The molecular formula is C7H9N3. The molecule has 1 N–H and O–H groups in total. The maximum absolute atomic E-state index is 3.92. The molecule has 0 radical (unpaired) electrons. The van der Waals surface area contributed by atoms with Crippen LogP contribution in [0.15, 0.2) is 29.6 Å². The van der Waals surface area contributed by atoms with Gasteiger partial charge in [-0.2, -0.15) is 5.10 Å². The molecule has 0 saturated heterocycles. The van der Waals surface area contributed by atoms with Gasteiger partial charge in [-0.25, -0.2) is 0 Å². The van der Waals surface area contributed by atoms with Crippen LogP contribution in [0.1, 0.15) is 5.56 Å². The van der Waals surface area contributed by atoms with E-state index in [0.29, 0.717) is 0 Å². The van der Waals surface area contributed by atoms with Crippen molar-refractivity contribution in [3.05, 3.63) is 30.1 Å². The molecule has 0 aliphatic rings. The molecule has 0 unspecified atom stereocenters. The molecule has 1 aromatic rings. The second kappa shape index (κ2) is 3.61. The van der Waals surface area contributed by atoms with E-state index in [4.69, 9.17) is 0 Å². The van der Waals surface area contributed by atoms with Crippen LogP contribution >= 0.6 is 0 Å². The summed E-state index contributed by atoms with van der Waals surface area (Å²) in [5.41, 5.74) is 3.65. The largest absolute Gasteiger partial charge is 0.313 e. The lowest BCUT2D eigenvalue weighted by atomic mass is 10.3. The highest BCUT2D eigenvalue weighted by Gasteiger charge is 1.81. The standard InChI is InChI=1S/C7H9N3/c1-8-10-6-7-3-2-4-9-5-7/h2-6,8H,1H3. The van der Waals surface area contributed by atoms with Gasteiger partial charge in [-0.1, -0.05) is 6.07 Å². The van der Waals surface area contributed by atoms with Gasteiger partial charge in [0, 0.05) is 25.0 Å². The van der Waals surface area contributed by atoms with Crippen LogP contribution in [0.3, 0.4) is 0 Å². The highest BCUT2D eigenvalue weighted by molar-refractivity contribution is 5.78. The van der Waals surface area contributed by atoms with Crippen LogP contribution in [0.25, 0.3) is 0 Å². The van der Waals surface area contributed by atoms with E-state index in [0.717, 1.165) is 5.56 Å². The number of aromatic nitrogens is 1. The van der Waals surface area contributed by atoms with Gasteiger partial charge in [0.15, 0.2) is 0 Å². The van der Waals surface area contributed by atoms with Gasteiger partial charge in [0.1, 0.15) is 0 Å². The second-order valence-electron chi connectivity index (χ2n) is 1.77. The number of nitrogens with zero attached hydrogens (tertiary/aromatic N) is 2. The van der Waals surface area contributed by atoms with E-state index >= 15 is 0 Å². The Balaban J connectivity index is 2.67. The fourth-order valence-corrected chi connectivity index (χ4v) is 0.591. The molecule has 0 amide bonds. The zero-order valence-electron chi connectivity index (χ0n) is 5.78. The maximum atomic E-state index is 3.92. The van der Waals surface area contributed by atoms with Crippen LogP contribution in [0.4, 0.5) is 0 Å². The number of pyridine rings is 1. The Hall–Kier alpha value is -1.38. The summed E-state index contributed by atoms with van der Waals surface area (Å²) >= 11 is 0. The molecule has 0 spiro atoms. The van der Waals surface area contributed by atoms with E-state index in [2.05, 4.69) is 15.5 Å². The van der Waals surface area contributed by atoms with Gasteiger partial charge in [-0.05, 0) is 6.07 Å². The fourth-order valence-electron chi connectivity index (χ4n) is 0.591. The summed E-state index contributed by atoms with van der Waals surface area (Å²) in [6, 6.07) is 3.81. The van der Waals surface area contributed by atoms with Crippen molar-refractivity contribution in [2.45, 2.75) is 0 Å².